The smallest absolute Gasteiger partial charge is 0.0338 e. The molecular formula is C18H27Cl. The average molecular weight is 279 g/mol. The minimum Gasteiger partial charge on any atom is -0.123 e. The maximum Gasteiger partial charge on any atom is 0.0338 e. The third kappa shape index (κ3) is 4.53. The SMILES string of the molecule is CC(C)(C)c1ccc(CC2CCCCC(Cl)C2)cc1. The normalized spacial score (nSPS) is 25.1. The third-order valence-electron chi connectivity index (χ3n) is 4.31. The lowest BCUT2D eigenvalue weighted by Crippen LogP contribution is -2.12. The van der Waals surface area contributed by atoms with E-state index < -0.39 is 0 Å². The summed E-state index contributed by atoms with van der Waals surface area (Å²) in [7, 11) is 0. The van der Waals surface area contributed by atoms with Gasteiger partial charge in [0.2, 0.25) is 0 Å². The van der Waals surface area contributed by atoms with Gasteiger partial charge in [-0.15, -0.1) is 11.6 Å². The van der Waals surface area contributed by atoms with Crippen LogP contribution >= 0.6 is 11.6 Å². The van der Waals surface area contributed by atoms with Crippen LogP contribution in [0.1, 0.15) is 64.0 Å². The monoisotopic (exact) mass is 278 g/mol. The van der Waals surface area contributed by atoms with Crippen LogP contribution in [0.4, 0.5) is 0 Å². The molecule has 1 aliphatic carbocycles. The van der Waals surface area contributed by atoms with E-state index in [0.717, 1.165) is 5.92 Å². The van der Waals surface area contributed by atoms with E-state index >= 15 is 0 Å². The standard InChI is InChI=1S/C18H27Cl/c1-18(2,3)16-10-8-14(9-11-16)12-15-6-4-5-7-17(19)13-15/h8-11,15,17H,4-7,12-13H2,1-3H3. The molecule has 0 bridgehead atoms. The molecule has 0 heterocycles. The minimum absolute atomic E-state index is 0.252. The zero-order valence-electron chi connectivity index (χ0n) is 12.6. The summed E-state index contributed by atoms with van der Waals surface area (Å²) in [4.78, 5) is 0. The third-order valence-corrected chi connectivity index (χ3v) is 4.71. The highest BCUT2D eigenvalue weighted by Crippen LogP contribution is 2.30. The second kappa shape index (κ2) is 6.31. The van der Waals surface area contributed by atoms with Crippen LogP contribution in [0.5, 0.6) is 0 Å². The summed E-state index contributed by atoms with van der Waals surface area (Å²) >= 11 is 6.37. The number of hydrogen-bond acceptors (Lipinski definition) is 0. The van der Waals surface area contributed by atoms with Gasteiger partial charge in [0.05, 0.1) is 0 Å². The molecule has 2 unspecified atom stereocenters. The van der Waals surface area contributed by atoms with Crippen molar-refractivity contribution >= 4 is 11.6 Å². The van der Waals surface area contributed by atoms with Crippen LogP contribution in [0.15, 0.2) is 24.3 Å². The van der Waals surface area contributed by atoms with E-state index in [1.165, 1.54) is 49.7 Å². The van der Waals surface area contributed by atoms with Crippen molar-refractivity contribution in [1.82, 2.24) is 0 Å². The number of alkyl halides is 1. The van der Waals surface area contributed by atoms with Gasteiger partial charge in [-0.3, -0.25) is 0 Å². The van der Waals surface area contributed by atoms with Gasteiger partial charge < -0.3 is 0 Å². The summed E-state index contributed by atoms with van der Waals surface area (Å²) in [5.74, 6) is 0.783. The van der Waals surface area contributed by atoms with Gasteiger partial charge in [-0.25, -0.2) is 0 Å². The number of benzene rings is 1. The maximum absolute atomic E-state index is 6.37. The molecule has 2 rings (SSSR count). The van der Waals surface area contributed by atoms with Crippen molar-refractivity contribution in [2.45, 2.75) is 70.1 Å². The molecule has 0 saturated heterocycles. The molecule has 0 spiro atoms. The van der Waals surface area contributed by atoms with Crippen LogP contribution in [-0.4, -0.2) is 5.38 Å². The second-order valence-electron chi connectivity index (χ2n) is 7.13. The summed E-state index contributed by atoms with van der Waals surface area (Å²) in [6.45, 7) is 6.81. The van der Waals surface area contributed by atoms with Crippen molar-refractivity contribution in [3.05, 3.63) is 35.4 Å². The number of hydrogen-bond donors (Lipinski definition) is 0. The molecule has 0 aliphatic heterocycles. The highest BCUT2D eigenvalue weighted by molar-refractivity contribution is 6.20. The minimum atomic E-state index is 0.252. The Balaban J connectivity index is 1.99. The van der Waals surface area contributed by atoms with Crippen LogP contribution < -0.4 is 0 Å². The lowest BCUT2D eigenvalue weighted by Gasteiger charge is -2.20. The predicted molar refractivity (Wildman–Crippen MR) is 85.1 cm³/mol. The topological polar surface area (TPSA) is 0 Å². The molecule has 1 aromatic rings. The Morgan fingerprint density at radius 2 is 1.68 bits per heavy atom. The van der Waals surface area contributed by atoms with Crippen LogP contribution in [0.3, 0.4) is 0 Å². The summed E-state index contributed by atoms with van der Waals surface area (Å²) in [5.41, 5.74) is 3.15. The molecule has 1 heteroatoms. The number of halogens is 1. The van der Waals surface area contributed by atoms with Gasteiger partial charge in [-0.1, -0.05) is 64.3 Å². The van der Waals surface area contributed by atoms with E-state index in [9.17, 15) is 0 Å². The first-order valence-electron chi connectivity index (χ1n) is 7.68. The second-order valence-corrected chi connectivity index (χ2v) is 7.75. The first-order valence-corrected chi connectivity index (χ1v) is 8.12. The first kappa shape index (κ1) is 14.9. The Labute approximate surface area is 123 Å². The zero-order chi connectivity index (χ0) is 13.9. The van der Waals surface area contributed by atoms with E-state index in [2.05, 4.69) is 45.0 Å². The number of rotatable bonds is 2. The Morgan fingerprint density at radius 3 is 2.32 bits per heavy atom. The van der Waals surface area contributed by atoms with Gasteiger partial charge in [0, 0.05) is 5.38 Å². The molecule has 19 heavy (non-hydrogen) atoms. The van der Waals surface area contributed by atoms with Crippen molar-refractivity contribution in [1.29, 1.82) is 0 Å². The predicted octanol–water partition coefficient (Wildman–Crippen LogP) is 5.71. The molecule has 1 aromatic carbocycles. The fourth-order valence-electron chi connectivity index (χ4n) is 3.06. The Kier molecular flexibility index (Phi) is 4.95. The Hall–Kier alpha value is -0.490. The molecule has 0 N–H and O–H groups in total. The van der Waals surface area contributed by atoms with Gasteiger partial charge >= 0.3 is 0 Å². The maximum atomic E-state index is 6.37. The van der Waals surface area contributed by atoms with Gasteiger partial charge in [-0.05, 0) is 41.7 Å². The molecule has 106 valence electrons. The Bertz CT molecular complexity index is 385. The van der Waals surface area contributed by atoms with Crippen molar-refractivity contribution < 1.29 is 0 Å². The molecule has 1 aliphatic rings. The van der Waals surface area contributed by atoms with Crippen molar-refractivity contribution in [2.75, 3.05) is 0 Å². The van der Waals surface area contributed by atoms with Crippen LogP contribution in [0.25, 0.3) is 0 Å². The fourth-order valence-corrected chi connectivity index (χ4v) is 3.46. The van der Waals surface area contributed by atoms with Gasteiger partial charge in [0.1, 0.15) is 0 Å². The van der Waals surface area contributed by atoms with E-state index in [1.54, 1.807) is 0 Å². The molecule has 0 nitrogen and oxygen atoms in total. The molecule has 1 fully saturated rings. The first-order chi connectivity index (χ1) is 8.95. The average Bonchev–Trinajstić information content (AvgIpc) is 2.53. The van der Waals surface area contributed by atoms with E-state index in [-0.39, 0.29) is 5.41 Å². The summed E-state index contributed by atoms with van der Waals surface area (Å²) in [5, 5.41) is 0.404. The molecular weight excluding hydrogens is 252 g/mol. The largest absolute Gasteiger partial charge is 0.123 e. The van der Waals surface area contributed by atoms with E-state index in [0.29, 0.717) is 5.38 Å². The fraction of sp³-hybridized carbons (Fsp3) is 0.667. The molecule has 0 radical (unpaired) electrons. The molecule has 0 aromatic heterocycles. The highest BCUT2D eigenvalue weighted by Gasteiger charge is 2.19. The lowest BCUT2D eigenvalue weighted by atomic mass is 9.85. The van der Waals surface area contributed by atoms with Crippen molar-refractivity contribution in [3.8, 4) is 0 Å². The van der Waals surface area contributed by atoms with Crippen LogP contribution in [0, 0.1) is 5.92 Å². The van der Waals surface area contributed by atoms with Gasteiger partial charge in [0.25, 0.3) is 0 Å². The van der Waals surface area contributed by atoms with Crippen molar-refractivity contribution in [3.63, 3.8) is 0 Å². The Morgan fingerprint density at radius 1 is 1.05 bits per heavy atom. The van der Waals surface area contributed by atoms with E-state index in [4.69, 9.17) is 11.6 Å². The molecule has 1 saturated carbocycles. The van der Waals surface area contributed by atoms with Crippen LogP contribution in [0.2, 0.25) is 0 Å². The van der Waals surface area contributed by atoms with Gasteiger partial charge in [0.15, 0.2) is 0 Å². The summed E-state index contributed by atoms with van der Waals surface area (Å²) in [6, 6.07) is 9.22. The highest BCUT2D eigenvalue weighted by atomic mass is 35.5. The molecule has 2 atom stereocenters. The zero-order valence-corrected chi connectivity index (χ0v) is 13.3. The lowest BCUT2D eigenvalue weighted by molar-refractivity contribution is 0.460. The quantitative estimate of drug-likeness (QED) is 0.480. The summed E-state index contributed by atoms with van der Waals surface area (Å²) < 4.78 is 0. The van der Waals surface area contributed by atoms with E-state index in [1.807, 2.05) is 0 Å². The summed E-state index contributed by atoms with van der Waals surface area (Å²) in [6.07, 6.45) is 7.63. The molecule has 0 amide bonds. The van der Waals surface area contributed by atoms with Gasteiger partial charge in [-0.2, -0.15) is 0 Å². The van der Waals surface area contributed by atoms with Crippen molar-refractivity contribution in [2.24, 2.45) is 5.92 Å². The van der Waals surface area contributed by atoms with Crippen LogP contribution in [-0.2, 0) is 11.8 Å².